The lowest BCUT2D eigenvalue weighted by atomic mass is 10.1. The second-order valence-corrected chi connectivity index (χ2v) is 8.21. The Morgan fingerprint density at radius 1 is 1.06 bits per heavy atom. The van der Waals surface area contributed by atoms with Crippen molar-refractivity contribution in [2.24, 2.45) is 0 Å². The van der Waals surface area contributed by atoms with Crippen LogP contribution in [0.25, 0.3) is 22.6 Å². The van der Waals surface area contributed by atoms with Crippen LogP contribution < -0.4 is 10.6 Å². The summed E-state index contributed by atoms with van der Waals surface area (Å²) in [6.45, 7) is 7.05. The Bertz CT molecular complexity index is 1250. The third-order valence-electron chi connectivity index (χ3n) is 5.79. The molecule has 2 heterocycles. The molecule has 4 aromatic rings. The molecule has 2 N–H and O–H groups in total. The molecule has 5 rings (SSSR count). The van der Waals surface area contributed by atoms with Gasteiger partial charge in [-0.2, -0.15) is 0 Å². The number of amides is 1. The molecular formula is C26H27ClN4O2. The van der Waals surface area contributed by atoms with Crippen LogP contribution in [0, 0.1) is 6.92 Å². The van der Waals surface area contributed by atoms with Gasteiger partial charge in [-0.15, -0.1) is 12.4 Å². The van der Waals surface area contributed by atoms with E-state index in [1.807, 2.05) is 61.5 Å². The molecule has 0 radical (unpaired) electrons. The van der Waals surface area contributed by atoms with E-state index in [1.54, 1.807) is 0 Å². The van der Waals surface area contributed by atoms with Gasteiger partial charge in [-0.05, 0) is 48.9 Å². The molecule has 0 spiro atoms. The van der Waals surface area contributed by atoms with E-state index in [0.717, 1.165) is 55.0 Å². The van der Waals surface area contributed by atoms with Crippen LogP contribution in [-0.2, 0) is 6.54 Å². The van der Waals surface area contributed by atoms with Gasteiger partial charge in [0.05, 0.1) is 11.3 Å². The van der Waals surface area contributed by atoms with Gasteiger partial charge in [0.1, 0.15) is 5.52 Å². The second kappa shape index (κ2) is 10.2. The average molecular weight is 463 g/mol. The summed E-state index contributed by atoms with van der Waals surface area (Å²) in [5, 5.41) is 6.39. The topological polar surface area (TPSA) is 70.4 Å². The number of hydrogen-bond donors (Lipinski definition) is 2. The molecule has 1 aromatic heterocycles. The van der Waals surface area contributed by atoms with Gasteiger partial charge in [0.25, 0.3) is 5.91 Å². The predicted molar refractivity (Wildman–Crippen MR) is 134 cm³/mol. The number of piperazine rings is 1. The fourth-order valence-electron chi connectivity index (χ4n) is 3.99. The third kappa shape index (κ3) is 5.25. The number of benzene rings is 3. The van der Waals surface area contributed by atoms with E-state index in [0.29, 0.717) is 17.1 Å². The number of para-hydroxylation sites is 1. The zero-order valence-electron chi connectivity index (χ0n) is 18.5. The minimum Gasteiger partial charge on any atom is -0.436 e. The van der Waals surface area contributed by atoms with Crippen LogP contribution in [0.15, 0.2) is 71.1 Å². The van der Waals surface area contributed by atoms with Gasteiger partial charge in [0, 0.05) is 38.3 Å². The van der Waals surface area contributed by atoms with Gasteiger partial charge in [-0.1, -0.05) is 35.9 Å². The molecule has 3 aromatic carbocycles. The summed E-state index contributed by atoms with van der Waals surface area (Å²) in [6, 6.07) is 21.3. The van der Waals surface area contributed by atoms with Crippen molar-refractivity contribution in [2.45, 2.75) is 13.5 Å². The van der Waals surface area contributed by atoms with Gasteiger partial charge in [-0.3, -0.25) is 9.69 Å². The lowest BCUT2D eigenvalue weighted by molar-refractivity contribution is 0.102. The highest BCUT2D eigenvalue weighted by Crippen LogP contribution is 2.31. The smallest absolute Gasteiger partial charge is 0.255 e. The maximum atomic E-state index is 12.7. The number of hydrogen-bond acceptors (Lipinski definition) is 5. The highest BCUT2D eigenvalue weighted by molar-refractivity contribution is 6.06. The van der Waals surface area contributed by atoms with E-state index in [4.69, 9.17) is 4.42 Å². The summed E-state index contributed by atoms with van der Waals surface area (Å²) < 4.78 is 6.13. The van der Waals surface area contributed by atoms with E-state index in [9.17, 15) is 4.79 Å². The molecule has 1 amide bonds. The molecule has 1 aliphatic heterocycles. The number of anilines is 1. The molecule has 6 nitrogen and oxygen atoms in total. The molecule has 1 saturated heterocycles. The van der Waals surface area contributed by atoms with Crippen LogP contribution in [0.5, 0.6) is 0 Å². The summed E-state index contributed by atoms with van der Waals surface area (Å²) in [7, 11) is 0. The van der Waals surface area contributed by atoms with Gasteiger partial charge in [-0.25, -0.2) is 4.98 Å². The molecular weight excluding hydrogens is 436 g/mol. The molecule has 7 heteroatoms. The number of fused-ring (bicyclic) bond motifs is 1. The summed E-state index contributed by atoms with van der Waals surface area (Å²) in [4.78, 5) is 19.9. The second-order valence-electron chi connectivity index (χ2n) is 8.21. The van der Waals surface area contributed by atoms with Crippen molar-refractivity contribution in [3.05, 3.63) is 83.4 Å². The van der Waals surface area contributed by atoms with Crippen LogP contribution >= 0.6 is 12.4 Å². The molecule has 0 saturated carbocycles. The molecule has 0 aliphatic carbocycles. The summed E-state index contributed by atoms with van der Waals surface area (Å²) in [5.41, 5.74) is 5.93. The zero-order valence-corrected chi connectivity index (χ0v) is 19.3. The van der Waals surface area contributed by atoms with E-state index in [2.05, 4.69) is 32.7 Å². The third-order valence-corrected chi connectivity index (χ3v) is 5.79. The van der Waals surface area contributed by atoms with E-state index >= 15 is 0 Å². The first-order valence-electron chi connectivity index (χ1n) is 11.0. The molecule has 1 fully saturated rings. The van der Waals surface area contributed by atoms with Crippen LogP contribution in [0.3, 0.4) is 0 Å². The predicted octanol–water partition coefficient (Wildman–Crippen LogP) is 4.88. The minimum absolute atomic E-state index is 0. The molecule has 0 atom stereocenters. The van der Waals surface area contributed by atoms with Crippen molar-refractivity contribution in [1.82, 2.24) is 15.2 Å². The van der Waals surface area contributed by atoms with E-state index in [1.165, 1.54) is 5.56 Å². The monoisotopic (exact) mass is 462 g/mol. The van der Waals surface area contributed by atoms with Crippen LogP contribution in [0.4, 0.5) is 5.69 Å². The van der Waals surface area contributed by atoms with Gasteiger partial charge >= 0.3 is 0 Å². The Balaban J connectivity index is 0.00000259. The van der Waals surface area contributed by atoms with Crippen molar-refractivity contribution in [2.75, 3.05) is 31.5 Å². The lowest BCUT2D eigenvalue weighted by Crippen LogP contribution is -2.42. The Hall–Kier alpha value is -3.19. The SMILES string of the molecule is Cc1ccc(C(=O)Nc2ccccc2-c2nc3ccc(CN4CCNCC4)cc3o2)cc1.Cl. The molecule has 170 valence electrons. The van der Waals surface area contributed by atoms with Crippen molar-refractivity contribution in [1.29, 1.82) is 0 Å². The summed E-state index contributed by atoms with van der Waals surface area (Å²) in [6.07, 6.45) is 0. The standard InChI is InChI=1S/C26H26N4O2.ClH/c1-18-6-9-20(10-7-18)25(31)28-22-5-3-2-4-21(22)26-29-23-11-8-19(16-24(23)32-26)17-30-14-12-27-13-15-30;/h2-11,16,27H,12-15,17H2,1H3,(H,28,31);1H. The Morgan fingerprint density at radius 2 is 1.82 bits per heavy atom. The Kier molecular flexibility index (Phi) is 7.08. The first-order valence-corrected chi connectivity index (χ1v) is 11.0. The van der Waals surface area contributed by atoms with Crippen LogP contribution in [0.2, 0.25) is 0 Å². The van der Waals surface area contributed by atoms with Crippen molar-refractivity contribution >= 4 is 35.1 Å². The normalized spacial score (nSPS) is 14.1. The Labute approximate surface area is 199 Å². The number of carbonyl (C=O) groups excluding carboxylic acids is 1. The number of carbonyl (C=O) groups is 1. The maximum absolute atomic E-state index is 12.7. The van der Waals surface area contributed by atoms with Crippen LogP contribution in [-0.4, -0.2) is 42.0 Å². The number of halogens is 1. The average Bonchev–Trinajstić information content (AvgIpc) is 3.24. The van der Waals surface area contributed by atoms with Gasteiger partial charge in [0.2, 0.25) is 5.89 Å². The largest absolute Gasteiger partial charge is 0.436 e. The first kappa shape index (κ1) is 23.0. The van der Waals surface area contributed by atoms with Crippen molar-refractivity contribution < 1.29 is 9.21 Å². The van der Waals surface area contributed by atoms with Gasteiger partial charge in [0.15, 0.2) is 5.58 Å². The van der Waals surface area contributed by atoms with Crippen molar-refractivity contribution in [3.63, 3.8) is 0 Å². The molecule has 1 aliphatic rings. The molecule has 33 heavy (non-hydrogen) atoms. The minimum atomic E-state index is -0.160. The van der Waals surface area contributed by atoms with Gasteiger partial charge < -0.3 is 15.1 Å². The lowest BCUT2D eigenvalue weighted by Gasteiger charge is -2.27. The fraction of sp³-hybridized carbons (Fsp3) is 0.231. The summed E-state index contributed by atoms with van der Waals surface area (Å²) in [5.74, 6) is 0.339. The Morgan fingerprint density at radius 3 is 2.61 bits per heavy atom. The highest BCUT2D eigenvalue weighted by Gasteiger charge is 2.16. The summed E-state index contributed by atoms with van der Waals surface area (Å²) >= 11 is 0. The number of oxazole rings is 1. The highest BCUT2D eigenvalue weighted by atomic mass is 35.5. The zero-order chi connectivity index (χ0) is 21.9. The number of rotatable bonds is 5. The number of aryl methyl sites for hydroxylation is 1. The van der Waals surface area contributed by atoms with Crippen molar-refractivity contribution in [3.8, 4) is 11.5 Å². The van der Waals surface area contributed by atoms with E-state index < -0.39 is 0 Å². The van der Waals surface area contributed by atoms with E-state index in [-0.39, 0.29) is 18.3 Å². The first-order chi connectivity index (χ1) is 15.7. The van der Waals surface area contributed by atoms with Crippen LogP contribution in [0.1, 0.15) is 21.5 Å². The number of aromatic nitrogens is 1. The quantitative estimate of drug-likeness (QED) is 0.442. The number of nitrogens with one attached hydrogen (secondary N) is 2. The molecule has 0 unspecified atom stereocenters. The maximum Gasteiger partial charge on any atom is 0.255 e. The fourth-order valence-corrected chi connectivity index (χ4v) is 3.99. The number of nitrogens with zero attached hydrogens (tertiary/aromatic N) is 2. The molecule has 0 bridgehead atoms.